The summed E-state index contributed by atoms with van der Waals surface area (Å²) in [5, 5.41) is 0. The van der Waals surface area contributed by atoms with Crippen LogP contribution in [0.2, 0.25) is 0 Å². The SMILES string of the molecule is O=C(C1OCC2COCCC21)N(CC1CCCCC1)c1ccccn1. The Morgan fingerprint density at radius 1 is 1.16 bits per heavy atom. The zero-order valence-electron chi connectivity index (χ0n) is 14.8. The lowest BCUT2D eigenvalue weighted by Crippen LogP contribution is -2.46. The van der Waals surface area contributed by atoms with Gasteiger partial charge in [0.25, 0.3) is 5.91 Å². The zero-order valence-corrected chi connectivity index (χ0v) is 14.8. The summed E-state index contributed by atoms with van der Waals surface area (Å²) >= 11 is 0. The first-order valence-corrected chi connectivity index (χ1v) is 9.74. The van der Waals surface area contributed by atoms with Crippen molar-refractivity contribution in [2.24, 2.45) is 17.8 Å². The number of aromatic nitrogens is 1. The molecule has 1 amide bonds. The van der Waals surface area contributed by atoms with Crippen LogP contribution in [-0.4, -0.2) is 43.4 Å². The van der Waals surface area contributed by atoms with Crippen molar-refractivity contribution in [3.05, 3.63) is 24.4 Å². The van der Waals surface area contributed by atoms with Gasteiger partial charge in [-0.05, 0) is 37.3 Å². The number of carbonyl (C=O) groups excluding carboxylic acids is 1. The molecule has 0 radical (unpaired) electrons. The number of amides is 1. The van der Waals surface area contributed by atoms with E-state index in [-0.39, 0.29) is 12.0 Å². The first kappa shape index (κ1) is 17.0. The van der Waals surface area contributed by atoms with Gasteiger partial charge in [-0.25, -0.2) is 4.98 Å². The molecule has 2 aliphatic heterocycles. The number of hydrogen-bond donors (Lipinski definition) is 0. The van der Waals surface area contributed by atoms with Gasteiger partial charge in [0, 0.05) is 31.2 Å². The van der Waals surface area contributed by atoms with Gasteiger partial charge in [0.05, 0.1) is 13.2 Å². The molecule has 0 N–H and O–H groups in total. The second kappa shape index (κ2) is 7.83. The number of nitrogens with zero attached hydrogens (tertiary/aromatic N) is 2. The van der Waals surface area contributed by atoms with Crippen LogP contribution in [-0.2, 0) is 14.3 Å². The normalized spacial score (nSPS) is 30.0. The first-order valence-electron chi connectivity index (χ1n) is 9.74. The van der Waals surface area contributed by atoms with Gasteiger partial charge in [-0.15, -0.1) is 0 Å². The number of hydrogen-bond acceptors (Lipinski definition) is 4. The molecule has 4 rings (SSSR count). The van der Waals surface area contributed by atoms with Crippen LogP contribution in [0.5, 0.6) is 0 Å². The first-order chi connectivity index (χ1) is 12.3. The van der Waals surface area contributed by atoms with Crippen LogP contribution < -0.4 is 4.90 Å². The lowest BCUT2D eigenvalue weighted by atomic mass is 9.85. The summed E-state index contributed by atoms with van der Waals surface area (Å²) in [4.78, 5) is 19.8. The fourth-order valence-electron chi connectivity index (χ4n) is 4.58. The smallest absolute Gasteiger partial charge is 0.257 e. The van der Waals surface area contributed by atoms with E-state index in [0.717, 1.165) is 32.0 Å². The van der Waals surface area contributed by atoms with Crippen LogP contribution in [0.4, 0.5) is 5.82 Å². The number of rotatable bonds is 4. The summed E-state index contributed by atoms with van der Waals surface area (Å²) in [5.41, 5.74) is 0. The number of ether oxygens (including phenoxy) is 2. The minimum absolute atomic E-state index is 0.0960. The van der Waals surface area contributed by atoms with Crippen LogP contribution in [0, 0.1) is 17.8 Å². The highest BCUT2D eigenvalue weighted by Crippen LogP contribution is 2.35. The van der Waals surface area contributed by atoms with Crippen molar-refractivity contribution in [2.75, 3.05) is 31.3 Å². The molecule has 3 aliphatic rings. The number of pyridine rings is 1. The number of anilines is 1. The van der Waals surface area contributed by atoms with Crippen molar-refractivity contribution >= 4 is 11.7 Å². The average molecular weight is 344 g/mol. The molecule has 3 heterocycles. The second-order valence-corrected chi connectivity index (χ2v) is 7.68. The molecule has 3 atom stereocenters. The van der Waals surface area contributed by atoms with E-state index in [1.165, 1.54) is 32.1 Å². The van der Waals surface area contributed by atoms with Gasteiger partial charge in [0.15, 0.2) is 0 Å². The highest BCUT2D eigenvalue weighted by Gasteiger charge is 2.45. The molecule has 3 unspecified atom stereocenters. The van der Waals surface area contributed by atoms with Crippen LogP contribution in [0.15, 0.2) is 24.4 Å². The highest BCUT2D eigenvalue weighted by molar-refractivity contribution is 5.96. The summed E-state index contributed by atoms with van der Waals surface area (Å²) in [6.07, 6.45) is 8.64. The topological polar surface area (TPSA) is 51.7 Å². The Kier molecular flexibility index (Phi) is 5.32. The van der Waals surface area contributed by atoms with Gasteiger partial charge in [-0.3, -0.25) is 9.69 Å². The fraction of sp³-hybridized carbons (Fsp3) is 0.700. The van der Waals surface area contributed by atoms with Crippen molar-refractivity contribution in [3.63, 3.8) is 0 Å². The Hall–Kier alpha value is -1.46. The molecule has 25 heavy (non-hydrogen) atoms. The molecule has 1 saturated carbocycles. The maximum absolute atomic E-state index is 13.4. The minimum atomic E-state index is -0.334. The molecule has 136 valence electrons. The molecular formula is C20H28N2O3. The molecule has 0 bridgehead atoms. The summed E-state index contributed by atoms with van der Waals surface area (Å²) in [6, 6.07) is 5.79. The van der Waals surface area contributed by atoms with Crippen molar-refractivity contribution in [1.82, 2.24) is 4.98 Å². The highest BCUT2D eigenvalue weighted by atomic mass is 16.5. The van der Waals surface area contributed by atoms with E-state index in [2.05, 4.69) is 4.98 Å². The predicted octanol–water partition coefficient (Wildman–Crippen LogP) is 3.05. The van der Waals surface area contributed by atoms with E-state index in [9.17, 15) is 4.79 Å². The quantitative estimate of drug-likeness (QED) is 0.842. The van der Waals surface area contributed by atoms with E-state index in [1.54, 1.807) is 6.20 Å². The lowest BCUT2D eigenvalue weighted by molar-refractivity contribution is -0.129. The van der Waals surface area contributed by atoms with E-state index >= 15 is 0 Å². The van der Waals surface area contributed by atoms with Crippen LogP contribution >= 0.6 is 0 Å². The molecule has 0 spiro atoms. The molecule has 0 aromatic carbocycles. The molecular weight excluding hydrogens is 316 g/mol. The molecule has 1 aromatic heterocycles. The summed E-state index contributed by atoms with van der Waals surface area (Å²) in [6.45, 7) is 2.87. The summed E-state index contributed by atoms with van der Waals surface area (Å²) in [7, 11) is 0. The Morgan fingerprint density at radius 2 is 2.04 bits per heavy atom. The Bertz CT molecular complexity index is 574. The molecule has 1 aromatic rings. The van der Waals surface area contributed by atoms with Crippen molar-refractivity contribution in [2.45, 2.75) is 44.6 Å². The van der Waals surface area contributed by atoms with Crippen LogP contribution in [0.25, 0.3) is 0 Å². The third-order valence-electron chi connectivity index (χ3n) is 6.01. The standard InChI is InChI=1S/C20H28N2O3/c23-20(19-17-9-11-24-13-16(17)14-25-19)22(18-8-4-5-10-21-18)12-15-6-2-1-3-7-15/h4-5,8,10,15-17,19H,1-3,6-7,9,11-14H2. The van der Waals surface area contributed by atoms with Crippen molar-refractivity contribution in [1.29, 1.82) is 0 Å². The second-order valence-electron chi connectivity index (χ2n) is 7.68. The van der Waals surface area contributed by atoms with E-state index in [1.807, 2.05) is 23.1 Å². The molecule has 5 heteroatoms. The Morgan fingerprint density at radius 3 is 2.84 bits per heavy atom. The molecule has 1 aliphatic carbocycles. The largest absolute Gasteiger partial charge is 0.381 e. The zero-order chi connectivity index (χ0) is 17.1. The Labute approximate surface area is 149 Å². The van der Waals surface area contributed by atoms with Gasteiger partial charge < -0.3 is 9.47 Å². The molecule has 2 saturated heterocycles. The van der Waals surface area contributed by atoms with E-state index < -0.39 is 0 Å². The van der Waals surface area contributed by atoms with Crippen molar-refractivity contribution < 1.29 is 14.3 Å². The van der Waals surface area contributed by atoms with Gasteiger partial charge in [-0.2, -0.15) is 0 Å². The third kappa shape index (κ3) is 3.72. The summed E-state index contributed by atoms with van der Waals surface area (Å²) < 4.78 is 11.5. The van der Waals surface area contributed by atoms with E-state index in [4.69, 9.17) is 9.47 Å². The Balaban J connectivity index is 1.53. The van der Waals surface area contributed by atoms with Gasteiger partial charge in [-0.1, -0.05) is 25.3 Å². The fourth-order valence-corrected chi connectivity index (χ4v) is 4.58. The maximum Gasteiger partial charge on any atom is 0.257 e. The number of fused-ring (bicyclic) bond motifs is 1. The molecule has 5 nitrogen and oxygen atoms in total. The molecule has 3 fully saturated rings. The monoisotopic (exact) mass is 344 g/mol. The predicted molar refractivity (Wildman–Crippen MR) is 95.3 cm³/mol. The number of carbonyl (C=O) groups is 1. The van der Waals surface area contributed by atoms with E-state index in [0.29, 0.717) is 24.4 Å². The third-order valence-corrected chi connectivity index (χ3v) is 6.01. The van der Waals surface area contributed by atoms with Crippen molar-refractivity contribution in [3.8, 4) is 0 Å². The maximum atomic E-state index is 13.4. The minimum Gasteiger partial charge on any atom is -0.381 e. The van der Waals surface area contributed by atoms with Gasteiger partial charge in [0.2, 0.25) is 0 Å². The lowest BCUT2D eigenvalue weighted by Gasteiger charge is -2.33. The average Bonchev–Trinajstić information content (AvgIpc) is 3.11. The van der Waals surface area contributed by atoms with Crippen LogP contribution in [0.1, 0.15) is 38.5 Å². The van der Waals surface area contributed by atoms with Crippen LogP contribution in [0.3, 0.4) is 0 Å². The van der Waals surface area contributed by atoms with Gasteiger partial charge in [0.1, 0.15) is 11.9 Å². The summed E-state index contributed by atoms with van der Waals surface area (Å²) in [5.74, 6) is 2.09. The van der Waals surface area contributed by atoms with Gasteiger partial charge >= 0.3 is 0 Å².